The van der Waals surface area contributed by atoms with Gasteiger partial charge in [0.05, 0.1) is 0 Å². The van der Waals surface area contributed by atoms with Crippen molar-refractivity contribution in [2.75, 3.05) is 19.4 Å². The Hall–Kier alpha value is 0.270. The highest BCUT2D eigenvalue weighted by Crippen LogP contribution is 2.26. The minimum absolute atomic E-state index is 0.346. The normalized spacial score (nSPS) is 26.8. The fourth-order valence-corrected chi connectivity index (χ4v) is 2.97. The van der Waals surface area contributed by atoms with Crippen LogP contribution in [0.4, 0.5) is 0 Å². The third kappa shape index (κ3) is 5.79. The first-order valence-electron chi connectivity index (χ1n) is 6.24. The van der Waals surface area contributed by atoms with E-state index in [-0.39, 0.29) is 0 Å². The van der Waals surface area contributed by atoms with Gasteiger partial charge in [-0.2, -0.15) is 11.8 Å². The van der Waals surface area contributed by atoms with Crippen molar-refractivity contribution < 1.29 is 5.11 Å². The zero-order chi connectivity index (χ0) is 10.9. The minimum atomic E-state index is 0.346. The lowest BCUT2D eigenvalue weighted by molar-refractivity contribution is 0.281. The number of unbranched alkanes of at least 4 members (excludes halogenated alkanes) is 2. The van der Waals surface area contributed by atoms with Crippen LogP contribution in [-0.4, -0.2) is 35.8 Å². The minimum Gasteiger partial charge on any atom is -0.396 e. The smallest absolute Gasteiger partial charge is 0.0431 e. The lowest BCUT2D eigenvalue weighted by atomic mass is 9.95. The SMILES string of the molecule is CSC1CCC(NCCCCCO)CC1. The molecule has 0 unspecified atom stereocenters. The second-order valence-electron chi connectivity index (χ2n) is 4.45. The van der Waals surface area contributed by atoms with Crippen molar-refractivity contribution >= 4 is 11.8 Å². The Labute approximate surface area is 98.2 Å². The number of thioether (sulfide) groups is 1. The molecule has 0 saturated heterocycles. The molecule has 0 aromatic rings. The molecular weight excluding hydrogens is 206 g/mol. The molecule has 1 saturated carbocycles. The highest BCUT2D eigenvalue weighted by atomic mass is 32.2. The molecule has 0 aromatic heterocycles. The van der Waals surface area contributed by atoms with Crippen LogP contribution in [-0.2, 0) is 0 Å². The number of nitrogens with one attached hydrogen (secondary N) is 1. The summed E-state index contributed by atoms with van der Waals surface area (Å²) < 4.78 is 0. The highest BCUT2D eigenvalue weighted by Gasteiger charge is 2.19. The van der Waals surface area contributed by atoms with E-state index >= 15 is 0 Å². The van der Waals surface area contributed by atoms with E-state index in [1.807, 2.05) is 11.8 Å². The number of rotatable bonds is 7. The molecule has 1 aliphatic rings. The maximum absolute atomic E-state index is 8.65. The number of hydrogen-bond donors (Lipinski definition) is 2. The van der Waals surface area contributed by atoms with Crippen LogP contribution in [0, 0.1) is 0 Å². The van der Waals surface area contributed by atoms with Crippen LogP contribution in [0.5, 0.6) is 0 Å². The van der Waals surface area contributed by atoms with Gasteiger partial charge in [-0.25, -0.2) is 0 Å². The summed E-state index contributed by atoms with van der Waals surface area (Å²) in [5.41, 5.74) is 0. The summed E-state index contributed by atoms with van der Waals surface area (Å²) in [5.74, 6) is 0. The van der Waals surface area contributed by atoms with Crippen LogP contribution in [0.1, 0.15) is 44.9 Å². The standard InChI is InChI=1S/C12H25NOS/c1-15-12-7-5-11(6-8-12)13-9-3-2-4-10-14/h11-14H,2-10H2,1H3. The maximum Gasteiger partial charge on any atom is 0.0431 e. The number of aliphatic hydroxyl groups is 1. The maximum atomic E-state index is 8.65. The molecule has 90 valence electrons. The molecule has 3 heteroatoms. The summed E-state index contributed by atoms with van der Waals surface area (Å²) in [6, 6.07) is 0.766. The molecule has 2 N–H and O–H groups in total. The van der Waals surface area contributed by atoms with Crippen LogP contribution in [0.3, 0.4) is 0 Å². The zero-order valence-corrected chi connectivity index (χ0v) is 10.7. The fraction of sp³-hybridized carbons (Fsp3) is 1.00. The predicted molar refractivity (Wildman–Crippen MR) is 68.5 cm³/mol. The molecule has 0 aromatic carbocycles. The second kappa shape index (κ2) is 8.43. The van der Waals surface area contributed by atoms with Gasteiger partial charge < -0.3 is 10.4 Å². The number of hydrogen-bond acceptors (Lipinski definition) is 3. The van der Waals surface area contributed by atoms with Gasteiger partial charge in [0.1, 0.15) is 0 Å². The van der Waals surface area contributed by atoms with Crippen molar-refractivity contribution in [3.8, 4) is 0 Å². The van der Waals surface area contributed by atoms with Crippen LogP contribution >= 0.6 is 11.8 Å². The Bertz CT molecular complexity index is 147. The van der Waals surface area contributed by atoms with E-state index in [0.717, 1.165) is 30.7 Å². The summed E-state index contributed by atoms with van der Waals surface area (Å²) >= 11 is 2.03. The molecule has 1 fully saturated rings. The molecule has 0 atom stereocenters. The number of aliphatic hydroxyl groups excluding tert-OH is 1. The van der Waals surface area contributed by atoms with E-state index < -0.39 is 0 Å². The van der Waals surface area contributed by atoms with Crippen molar-refractivity contribution in [2.45, 2.75) is 56.2 Å². The molecule has 15 heavy (non-hydrogen) atoms. The Morgan fingerprint density at radius 1 is 1.13 bits per heavy atom. The van der Waals surface area contributed by atoms with Crippen LogP contribution < -0.4 is 5.32 Å². The molecule has 1 rings (SSSR count). The summed E-state index contributed by atoms with van der Waals surface area (Å²) in [5, 5.41) is 13.2. The van der Waals surface area contributed by atoms with Gasteiger partial charge in [-0.05, 0) is 57.7 Å². The Morgan fingerprint density at radius 2 is 1.87 bits per heavy atom. The summed E-state index contributed by atoms with van der Waals surface area (Å²) in [7, 11) is 0. The zero-order valence-electron chi connectivity index (χ0n) is 9.87. The quantitative estimate of drug-likeness (QED) is 0.660. The Kier molecular flexibility index (Phi) is 7.49. The average molecular weight is 231 g/mol. The van der Waals surface area contributed by atoms with Gasteiger partial charge in [-0.1, -0.05) is 0 Å². The van der Waals surface area contributed by atoms with E-state index in [0.29, 0.717) is 6.61 Å². The summed E-state index contributed by atoms with van der Waals surface area (Å²) in [6.07, 6.45) is 11.0. The van der Waals surface area contributed by atoms with Gasteiger partial charge in [-0.3, -0.25) is 0 Å². The van der Waals surface area contributed by atoms with Crippen molar-refractivity contribution in [3.63, 3.8) is 0 Å². The molecule has 0 bridgehead atoms. The lowest BCUT2D eigenvalue weighted by Crippen LogP contribution is -2.34. The van der Waals surface area contributed by atoms with Crippen molar-refractivity contribution in [1.82, 2.24) is 5.32 Å². The van der Waals surface area contributed by atoms with Crippen LogP contribution in [0.2, 0.25) is 0 Å². The van der Waals surface area contributed by atoms with E-state index in [9.17, 15) is 0 Å². The van der Waals surface area contributed by atoms with E-state index in [2.05, 4.69) is 11.6 Å². The van der Waals surface area contributed by atoms with Gasteiger partial charge in [0.15, 0.2) is 0 Å². The molecule has 0 radical (unpaired) electrons. The molecule has 0 aliphatic heterocycles. The van der Waals surface area contributed by atoms with Gasteiger partial charge in [0.25, 0.3) is 0 Å². The van der Waals surface area contributed by atoms with Gasteiger partial charge >= 0.3 is 0 Å². The fourth-order valence-electron chi connectivity index (χ4n) is 2.22. The van der Waals surface area contributed by atoms with Crippen LogP contribution in [0.15, 0.2) is 0 Å². The molecule has 0 amide bonds. The average Bonchev–Trinajstić information content (AvgIpc) is 2.30. The van der Waals surface area contributed by atoms with E-state index in [1.165, 1.54) is 32.1 Å². The monoisotopic (exact) mass is 231 g/mol. The van der Waals surface area contributed by atoms with Gasteiger partial charge in [-0.15, -0.1) is 0 Å². The van der Waals surface area contributed by atoms with Crippen molar-refractivity contribution in [3.05, 3.63) is 0 Å². The Balaban J connectivity index is 1.94. The topological polar surface area (TPSA) is 32.3 Å². The first-order chi connectivity index (χ1) is 7.36. The van der Waals surface area contributed by atoms with E-state index in [1.54, 1.807) is 0 Å². The van der Waals surface area contributed by atoms with Gasteiger partial charge in [0, 0.05) is 17.9 Å². The second-order valence-corrected chi connectivity index (χ2v) is 5.59. The summed E-state index contributed by atoms with van der Waals surface area (Å²) in [4.78, 5) is 0. The molecular formula is C12H25NOS. The van der Waals surface area contributed by atoms with Crippen molar-refractivity contribution in [1.29, 1.82) is 0 Å². The van der Waals surface area contributed by atoms with Crippen LogP contribution in [0.25, 0.3) is 0 Å². The first-order valence-corrected chi connectivity index (χ1v) is 7.52. The predicted octanol–water partition coefficient (Wildman–Crippen LogP) is 2.41. The molecule has 0 spiro atoms. The Morgan fingerprint density at radius 3 is 2.47 bits per heavy atom. The molecule has 2 nitrogen and oxygen atoms in total. The first kappa shape index (κ1) is 13.3. The molecule has 1 aliphatic carbocycles. The third-order valence-electron chi connectivity index (χ3n) is 3.28. The largest absolute Gasteiger partial charge is 0.396 e. The van der Waals surface area contributed by atoms with Gasteiger partial charge in [0.2, 0.25) is 0 Å². The molecule has 0 heterocycles. The highest BCUT2D eigenvalue weighted by molar-refractivity contribution is 7.99. The van der Waals surface area contributed by atoms with E-state index in [4.69, 9.17) is 5.11 Å². The lowest BCUT2D eigenvalue weighted by Gasteiger charge is -2.28. The van der Waals surface area contributed by atoms with Crippen molar-refractivity contribution in [2.24, 2.45) is 0 Å². The third-order valence-corrected chi connectivity index (χ3v) is 4.41. The summed E-state index contributed by atoms with van der Waals surface area (Å²) in [6.45, 7) is 1.48.